The zero-order valence-corrected chi connectivity index (χ0v) is 12.8. The van der Waals surface area contributed by atoms with Crippen molar-refractivity contribution in [1.29, 1.82) is 0 Å². The van der Waals surface area contributed by atoms with Gasteiger partial charge in [0.2, 0.25) is 0 Å². The average molecular weight is 305 g/mol. The summed E-state index contributed by atoms with van der Waals surface area (Å²) in [5.74, 6) is 6.65. The molecule has 1 amide bonds. The number of amides is 1. The molecule has 2 rings (SSSR count). The van der Waals surface area contributed by atoms with Gasteiger partial charge in [-0.2, -0.15) is 0 Å². The highest BCUT2D eigenvalue weighted by molar-refractivity contribution is 7.85. The minimum Gasteiger partial charge on any atom is -0.384 e. The topological polar surface area (TPSA) is 66.4 Å². The van der Waals surface area contributed by atoms with Gasteiger partial charge in [-0.25, -0.2) is 0 Å². The van der Waals surface area contributed by atoms with E-state index < -0.39 is 10.8 Å². The number of aliphatic hydroxyl groups excluding tert-OH is 1. The normalized spacial score (nSPS) is 21.2. The third-order valence-electron chi connectivity index (χ3n) is 3.60. The van der Waals surface area contributed by atoms with E-state index in [4.69, 9.17) is 5.11 Å². The maximum atomic E-state index is 12.4. The summed E-state index contributed by atoms with van der Waals surface area (Å²) in [5.41, 5.74) is 2.17. The molecule has 0 radical (unpaired) electrons. The van der Waals surface area contributed by atoms with Crippen LogP contribution in [0.4, 0.5) is 0 Å². The molecule has 0 aliphatic carbocycles. The molecule has 0 atom stereocenters. The highest BCUT2D eigenvalue weighted by atomic mass is 32.2. The summed E-state index contributed by atoms with van der Waals surface area (Å²) < 4.78 is 11.3. The molecule has 0 bridgehead atoms. The van der Waals surface area contributed by atoms with Crippen LogP contribution in [0.3, 0.4) is 0 Å². The van der Waals surface area contributed by atoms with E-state index in [0.717, 1.165) is 24.0 Å². The number of carbonyl (C=O) groups excluding carboxylic acids is 1. The Kier molecular flexibility index (Phi) is 5.54. The summed E-state index contributed by atoms with van der Waals surface area (Å²) in [4.78, 5) is 12.4. The van der Waals surface area contributed by atoms with E-state index in [-0.39, 0.29) is 18.6 Å². The van der Waals surface area contributed by atoms with Crippen molar-refractivity contribution in [3.05, 3.63) is 34.9 Å². The fraction of sp³-hybridized carbons (Fsp3) is 0.438. The van der Waals surface area contributed by atoms with E-state index >= 15 is 0 Å². The quantitative estimate of drug-likeness (QED) is 0.801. The van der Waals surface area contributed by atoms with Gasteiger partial charge in [0.15, 0.2) is 0 Å². The highest BCUT2D eigenvalue weighted by Crippen LogP contribution is 2.15. The van der Waals surface area contributed by atoms with Crippen molar-refractivity contribution >= 4 is 16.7 Å². The highest BCUT2D eigenvalue weighted by Gasteiger charge is 2.21. The van der Waals surface area contributed by atoms with E-state index in [1.54, 1.807) is 12.1 Å². The maximum absolute atomic E-state index is 12.4. The van der Waals surface area contributed by atoms with Gasteiger partial charge in [-0.15, -0.1) is 0 Å². The number of nitrogens with one attached hydrogen (secondary N) is 1. The first-order valence-corrected chi connectivity index (χ1v) is 8.46. The summed E-state index contributed by atoms with van der Waals surface area (Å²) in [6.07, 6.45) is 1.53. The lowest BCUT2D eigenvalue weighted by molar-refractivity contribution is 0.0934. The number of hydrogen-bond acceptors (Lipinski definition) is 3. The van der Waals surface area contributed by atoms with Gasteiger partial charge in [-0.05, 0) is 37.5 Å². The number of benzene rings is 1. The molecule has 1 aliphatic rings. The van der Waals surface area contributed by atoms with Crippen LogP contribution in [0.2, 0.25) is 0 Å². The van der Waals surface area contributed by atoms with Crippen LogP contribution >= 0.6 is 0 Å². The standard InChI is InChI=1S/C16H19NO3S/c1-12-13(5-3-9-18)4-2-6-15(12)16(19)17-14-7-10-21(20)11-8-14/h2,4,6,14,18H,7-11H2,1H3,(H,17,19). The molecule has 1 aromatic carbocycles. The van der Waals surface area contributed by atoms with Crippen molar-refractivity contribution in [3.8, 4) is 11.8 Å². The molecule has 112 valence electrons. The molecule has 0 spiro atoms. The van der Waals surface area contributed by atoms with Crippen LogP contribution in [-0.2, 0) is 10.8 Å². The first kappa shape index (κ1) is 15.7. The fourth-order valence-corrected chi connectivity index (χ4v) is 3.65. The zero-order valence-electron chi connectivity index (χ0n) is 12.0. The second kappa shape index (κ2) is 7.39. The van der Waals surface area contributed by atoms with Crippen LogP contribution in [0.15, 0.2) is 18.2 Å². The van der Waals surface area contributed by atoms with Crippen molar-refractivity contribution in [2.75, 3.05) is 18.1 Å². The molecule has 21 heavy (non-hydrogen) atoms. The Hall–Kier alpha value is -1.64. The zero-order chi connectivity index (χ0) is 15.2. The van der Waals surface area contributed by atoms with Crippen LogP contribution in [-0.4, -0.2) is 39.4 Å². The molecule has 1 aliphatic heterocycles. The predicted molar refractivity (Wildman–Crippen MR) is 83.5 cm³/mol. The van der Waals surface area contributed by atoms with Crippen LogP contribution < -0.4 is 5.32 Å². The minimum absolute atomic E-state index is 0.0989. The summed E-state index contributed by atoms with van der Waals surface area (Å²) in [7, 11) is -0.725. The Labute approximate surface area is 127 Å². The van der Waals surface area contributed by atoms with E-state index in [1.807, 2.05) is 13.0 Å². The van der Waals surface area contributed by atoms with E-state index in [9.17, 15) is 9.00 Å². The van der Waals surface area contributed by atoms with Crippen molar-refractivity contribution < 1.29 is 14.1 Å². The first-order valence-electron chi connectivity index (χ1n) is 6.97. The third-order valence-corrected chi connectivity index (χ3v) is 4.99. The molecule has 1 heterocycles. The van der Waals surface area contributed by atoms with Gasteiger partial charge in [-0.1, -0.05) is 17.9 Å². The Morgan fingerprint density at radius 2 is 2.14 bits per heavy atom. The van der Waals surface area contributed by atoms with Crippen molar-refractivity contribution in [1.82, 2.24) is 5.32 Å². The summed E-state index contributed by atoms with van der Waals surface area (Å²) >= 11 is 0. The molecule has 2 N–H and O–H groups in total. The van der Waals surface area contributed by atoms with Gasteiger partial charge >= 0.3 is 0 Å². The fourth-order valence-electron chi connectivity index (χ4n) is 2.35. The Morgan fingerprint density at radius 1 is 1.43 bits per heavy atom. The minimum atomic E-state index is -0.725. The Bertz CT molecular complexity index is 606. The van der Waals surface area contributed by atoms with Crippen LogP contribution in [0.25, 0.3) is 0 Å². The second-order valence-corrected chi connectivity index (χ2v) is 6.73. The number of aliphatic hydroxyl groups is 1. The number of hydrogen-bond donors (Lipinski definition) is 2. The van der Waals surface area contributed by atoms with E-state index in [0.29, 0.717) is 17.1 Å². The van der Waals surface area contributed by atoms with Gasteiger partial charge in [0, 0.05) is 39.5 Å². The molecular formula is C16H19NO3S. The number of carbonyl (C=O) groups is 1. The predicted octanol–water partition coefficient (Wildman–Crippen LogP) is 0.980. The lowest BCUT2D eigenvalue weighted by Gasteiger charge is -2.23. The molecular weight excluding hydrogens is 286 g/mol. The van der Waals surface area contributed by atoms with Crippen molar-refractivity contribution in [2.45, 2.75) is 25.8 Å². The smallest absolute Gasteiger partial charge is 0.251 e. The van der Waals surface area contributed by atoms with Gasteiger partial charge in [-0.3, -0.25) is 9.00 Å². The summed E-state index contributed by atoms with van der Waals surface area (Å²) in [6.45, 7) is 1.65. The monoisotopic (exact) mass is 305 g/mol. The maximum Gasteiger partial charge on any atom is 0.251 e. The number of rotatable bonds is 2. The molecule has 1 fully saturated rings. The van der Waals surface area contributed by atoms with Gasteiger partial charge < -0.3 is 10.4 Å². The largest absolute Gasteiger partial charge is 0.384 e. The first-order chi connectivity index (χ1) is 10.1. The Balaban J connectivity index is 2.10. The molecule has 0 saturated carbocycles. The summed E-state index contributed by atoms with van der Waals surface area (Å²) in [5, 5.41) is 11.8. The lowest BCUT2D eigenvalue weighted by Crippen LogP contribution is -2.39. The van der Waals surface area contributed by atoms with Crippen LogP contribution in [0.5, 0.6) is 0 Å². The van der Waals surface area contributed by atoms with E-state index in [2.05, 4.69) is 17.2 Å². The van der Waals surface area contributed by atoms with Crippen molar-refractivity contribution in [2.24, 2.45) is 0 Å². The molecule has 5 heteroatoms. The SMILES string of the molecule is Cc1c(C#CCO)cccc1C(=O)NC1CCS(=O)CC1. The molecule has 1 aromatic rings. The van der Waals surface area contributed by atoms with E-state index in [1.165, 1.54) is 0 Å². The van der Waals surface area contributed by atoms with Gasteiger partial charge in [0.1, 0.15) is 6.61 Å². The van der Waals surface area contributed by atoms with Crippen LogP contribution in [0.1, 0.15) is 34.3 Å². The second-order valence-electron chi connectivity index (χ2n) is 5.03. The molecule has 4 nitrogen and oxygen atoms in total. The summed E-state index contributed by atoms with van der Waals surface area (Å²) in [6, 6.07) is 5.50. The third kappa shape index (κ3) is 4.16. The van der Waals surface area contributed by atoms with Gasteiger partial charge in [0.05, 0.1) is 0 Å². The molecule has 1 saturated heterocycles. The lowest BCUT2D eigenvalue weighted by atomic mass is 10.0. The van der Waals surface area contributed by atoms with Crippen LogP contribution in [0, 0.1) is 18.8 Å². The van der Waals surface area contributed by atoms with Gasteiger partial charge in [0.25, 0.3) is 5.91 Å². The Morgan fingerprint density at radius 3 is 2.81 bits per heavy atom. The van der Waals surface area contributed by atoms with Crippen molar-refractivity contribution in [3.63, 3.8) is 0 Å². The molecule has 0 aromatic heterocycles. The average Bonchev–Trinajstić information content (AvgIpc) is 2.48. The molecule has 0 unspecified atom stereocenters.